The Morgan fingerprint density at radius 1 is 1.53 bits per heavy atom. The molecule has 6 heteroatoms. The topological polar surface area (TPSA) is 68.9 Å². The number of Topliss-reactive ketones (excluding diaryl/α,β-unsaturated/α-hetero) is 1. The summed E-state index contributed by atoms with van der Waals surface area (Å²) in [6.07, 6.45) is 2.28. The predicted molar refractivity (Wildman–Crippen MR) is 64.2 cm³/mol. The van der Waals surface area contributed by atoms with Crippen molar-refractivity contribution in [3.63, 3.8) is 0 Å². The SMILES string of the molecule is CCC(=O)Cc1nc(-c2ncccc2Br)no1. The molecule has 2 aromatic heterocycles. The molecule has 0 aliphatic heterocycles. The Morgan fingerprint density at radius 3 is 3.06 bits per heavy atom. The van der Waals surface area contributed by atoms with E-state index in [1.54, 1.807) is 19.2 Å². The monoisotopic (exact) mass is 295 g/mol. The summed E-state index contributed by atoms with van der Waals surface area (Å²) in [6.45, 7) is 1.80. The smallest absolute Gasteiger partial charge is 0.234 e. The summed E-state index contributed by atoms with van der Waals surface area (Å²) in [5.74, 6) is 0.779. The van der Waals surface area contributed by atoms with Gasteiger partial charge in [0.05, 0.1) is 6.42 Å². The Kier molecular flexibility index (Phi) is 3.63. The lowest BCUT2D eigenvalue weighted by atomic mass is 10.2. The molecule has 0 saturated carbocycles. The standard InChI is InChI=1S/C11H10BrN3O2/c1-2-7(16)6-9-14-11(15-17-9)10-8(12)4-3-5-13-10/h3-5H,2,6H2,1H3. The maximum atomic E-state index is 11.2. The van der Waals surface area contributed by atoms with E-state index >= 15 is 0 Å². The zero-order valence-corrected chi connectivity index (χ0v) is 10.8. The van der Waals surface area contributed by atoms with Crippen LogP contribution in [0.2, 0.25) is 0 Å². The van der Waals surface area contributed by atoms with E-state index in [4.69, 9.17) is 4.52 Å². The molecule has 0 aliphatic carbocycles. The molecule has 0 amide bonds. The summed E-state index contributed by atoms with van der Waals surface area (Å²) in [7, 11) is 0. The number of rotatable bonds is 4. The number of ketones is 1. The van der Waals surface area contributed by atoms with Gasteiger partial charge in [-0.25, -0.2) is 0 Å². The van der Waals surface area contributed by atoms with Gasteiger partial charge < -0.3 is 4.52 Å². The van der Waals surface area contributed by atoms with Crippen molar-refractivity contribution >= 4 is 21.7 Å². The van der Waals surface area contributed by atoms with E-state index in [1.807, 2.05) is 6.07 Å². The summed E-state index contributed by atoms with van der Waals surface area (Å²) in [6, 6.07) is 3.64. The third-order valence-electron chi connectivity index (χ3n) is 2.18. The van der Waals surface area contributed by atoms with Crippen LogP contribution >= 0.6 is 15.9 Å². The number of carbonyl (C=O) groups excluding carboxylic acids is 1. The highest BCUT2D eigenvalue weighted by atomic mass is 79.9. The molecule has 2 aromatic rings. The fourth-order valence-electron chi connectivity index (χ4n) is 1.27. The first-order valence-electron chi connectivity index (χ1n) is 5.16. The molecule has 2 rings (SSSR count). The lowest BCUT2D eigenvalue weighted by molar-refractivity contribution is -0.118. The van der Waals surface area contributed by atoms with Gasteiger partial charge >= 0.3 is 0 Å². The molecular weight excluding hydrogens is 286 g/mol. The van der Waals surface area contributed by atoms with Crippen molar-refractivity contribution in [2.75, 3.05) is 0 Å². The van der Waals surface area contributed by atoms with Crippen LogP contribution in [0, 0.1) is 0 Å². The Hall–Kier alpha value is -1.56. The molecular formula is C11H10BrN3O2. The average molecular weight is 296 g/mol. The van der Waals surface area contributed by atoms with E-state index in [2.05, 4.69) is 31.1 Å². The minimum atomic E-state index is 0.0697. The van der Waals surface area contributed by atoms with Crippen LogP contribution in [0.5, 0.6) is 0 Å². The molecule has 0 radical (unpaired) electrons. The van der Waals surface area contributed by atoms with Gasteiger partial charge in [-0.2, -0.15) is 4.98 Å². The normalized spacial score (nSPS) is 10.5. The molecule has 88 valence electrons. The molecule has 0 aromatic carbocycles. The summed E-state index contributed by atoms with van der Waals surface area (Å²) in [5, 5.41) is 3.80. The minimum Gasteiger partial charge on any atom is -0.338 e. The van der Waals surface area contributed by atoms with Gasteiger partial charge in [-0.15, -0.1) is 0 Å². The molecule has 0 saturated heterocycles. The maximum absolute atomic E-state index is 11.2. The lowest BCUT2D eigenvalue weighted by Crippen LogP contribution is -2.00. The Balaban J connectivity index is 2.24. The highest BCUT2D eigenvalue weighted by Crippen LogP contribution is 2.22. The zero-order valence-electron chi connectivity index (χ0n) is 9.18. The van der Waals surface area contributed by atoms with Gasteiger partial charge in [0.1, 0.15) is 11.5 Å². The third-order valence-corrected chi connectivity index (χ3v) is 2.82. The summed E-state index contributed by atoms with van der Waals surface area (Å²) in [5.41, 5.74) is 0.603. The van der Waals surface area contributed by atoms with Crippen LogP contribution in [0.4, 0.5) is 0 Å². The zero-order chi connectivity index (χ0) is 12.3. The number of carbonyl (C=O) groups is 1. The minimum absolute atomic E-state index is 0.0697. The van der Waals surface area contributed by atoms with Crippen LogP contribution in [0.3, 0.4) is 0 Å². The molecule has 0 spiro atoms. The van der Waals surface area contributed by atoms with Crippen molar-refractivity contribution in [1.82, 2.24) is 15.1 Å². The molecule has 0 atom stereocenters. The van der Waals surface area contributed by atoms with E-state index in [-0.39, 0.29) is 12.2 Å². The highest BCUT2D eigenvalue weighted by Gasteiger charge is 2.14. The van der Waals surface area contributed by atoms with Gasteiger partial charge in [-0.1, -0.05) is 12.1 Å². The largest absolute Gasteiger partial charge is 0.338 e. The molecule has 0 unspecified atom stereocenters. The predicted octanol–water partition coefficient (Wildman–Crippen LogP) is 2.42. The van der Waals surface area contributed by atoms with E-state index in [9.17, 15) is 4.79 Å². The first-order chi connectivity index (χ1) is 8.20. The number of hydrogen-bond donors (Lipinski definition) is 0. The fraction of sp³-hybridized carbons (Fsp3) is 0.273. The van der Waals surface area contributed by atoms with Crippen LogP contribution in [0.25, 0.3) is 11.5 Å². The molecule has 17 heavy (non-hydrogen) atoms. The van der Waals surface area contributed by atoms with Crippen molar-refractivity contribution < 1.29 is 9.32 Å². The Morgan fingerprint density at radius 2 is 2.35 bits per heavy atom. The van der Waals surface area contributed by atoms with E-state index in [1.165, 1.54) is 0 Å². The number of aromatic nitrogens is 3. The van der Waals surface area contributed by atoms with E-state index in [0.29, 0.717) is 23.8 Å². The number of pyridine rings is 1. The second-order valence-corrected chi connectivity index (χ2v) is 4.27. The van der Waals surface area contributed by atoms with Gasteiger partial charge in [-0.05, 0) is 28.1 Å². The number of hydrogen-bond acceptors (Lipinski definition) is 5. The van der Waals surface area contributed by atoms with Crippen molar-refractivity contribution in [1.29, 1.82) is 0 Å². The van der Waals surface area contributed by atoms with Crippen LogP contribution < -0.4 is 0 Å². The average Bonchev–Trinajstić information content (AvgIpc) is 2.78. The quantitative estimate of drug-likeness (QED) is 0.866. The third kappa shape index (κ3) is 2.76. The molecule has 0 fully saturated rings. The van der Waals surface area contributed by atoms with Gasteiger partial charge in [0.15, 0.2) is 0 Å². The first kappa shape index (κ1) is 11.9. The fourth-order valence-corrected chi connectivity index (χ4v) is 1.70. The van der Waals surface area contributed by atoms with Crippen LogP contribution in [0.1, 0.15) is 19.2 Å². The number of halogens is 1. The van der Waals surface area contributed by atoms with Crippen molar-refractivity contribution in [2.24, 2.45) is 0 Å². The van der Waals surface area contributed by atoms with Crippen LogP contribution in [-0.4, -0.2) is 20.9 Å². The summed E-state index contributed by atoms with van der Waals surface area (Å²) in [4.78, 5) is 19.5. The van der Waals surface area contributed by atoms with Gasteiger partial charge in [0.25, 0.3) is 0 Å². The first-order valence-corrected chi connectivity index (χ1v) is 5.95. The van der Waals surface area contributed by atoms with Crippen molar-refractivity contribution in [2.45, 2.75) is 19.8 Å². The molecule has 0 aliphatic rings. The van der Waals surface area contributed by atoms with Gasteiger partial charge in [0, 0.05) is 17.1 Å². The summed E-state index contributed by atoms with van der Waals surface area (Å²) >= 11 is 3.36. The van der Waals surface area contributed by atoms with Crippen LogP contribution in [-0.2, 0) is 11.2 Å². The van der Waals surface area contributed by atoms with E-state index < -0.39 is 0 Å². The van der Waals surface area contributed by atoms with Gasteiger partial charge in [-0.3, -0.25) is 9.78 Å². The Labute approximate surface area is 106 Å². The second kappa shape index (κ2) is 5.18. The second-order valence-electron chi connectivity index (χ2n) is 3.41. The Bertz CT molecular complexity index is 539. The molecule has 5 nitrogen and oxygen atoms in total. The van der Waals surface area contributed by atoms with Gasteiger partial charge in [0.2, 0.25) is 11.7 Å². The molecule has 2 heterocycles. The van der Waals surface area contributed by atoms with E-state index in [0.717, 1.165) is 4.47 Å². The summed E-state index contributed by atoms with van der Waals surface area (Å²) < 4.78 is 5.79. The maximum Gasteiger partial charge on any atom is 0.234 e. The van der Waals surface area contributed by atoms with Crippen molar-refractivity contribution in [3.05, 3.63) is 28.7 Å². The number of nitrogens with zero attached hydrogens (tertiary/aromatic N) is 3. The molecule has 0 N–H and O–H groups in total. The highest BCUT2D eigenvalue weighted by molar-refractivity contribution is 9.10. The molecule has 0 bridgehead atoms. The van der Waals surface area contributed by atoms with Crippen LogP contribution in [0.15, 0.2) is 27.3 Å². The van der Waals surface area contributed by atoms with Crippen molar-refractivity contribution in [3.8, 4) is 11.5 Å². The lowest BCUT2D eigenvalue weighted by Gasteiger charge is -1.95.